The van der Waals surface area contributed by atoms with Gasteiger partial charge in [0.25, 0.3) is 17.6 Å². The van der Waals surface area contributed by atoms with Gasteiger partial charge < -0.3 is 19.3 Å². The molecule has 0 aliphatic carbocycles. The molecule has 0 radical (unpaired) electrons. The third-order valence-corrected chi connectivity index (χ3v) is 5.96. The minimum atomic E-state index is -0.725. The lowest BCUT2D eigenvalue weighted by molar-refractivity contribution is -0.127. The number of amides is 2. The average molecular weight is 451 g/mol. The van der Waals surface area contributed by atoms with Gasteiger partial charge in [0.2, 0.25) is 0 Å². The second-order valence-electron chi connectivity index (χ2n) is 8.45. The molecule has 1 fully saturated rings. The number of Topliss-reactive ketones (excluding diaryl/α,β-unsaturated/α-hetero) is 1. The summed E-state index contributed by atoms with van der Waals surface area (Å²) in [7, 11) is 3.87. The molecule has 1 saturated heterocycles. The molecule has 33 heavy (non-hydrogen) atoms. The van der Waals surface area contributed by atoms with Crippen molar-refractivity contribution in [1.82, 2.24) is 19.3 Å². The number of carbonyl (C=O) groups is 3. The molecule has 0 N–H and O–H groups in total. The number of fused-ring (bicyclic) bond motifs is 1. The van der Waals surface area contributed by atoms with Crippen LogP contribution in [0.15, 0.2) is 54.7 Å². The van der Waals surface area contributed by atoms with E-state index >= 15 is 0 Å². The first-order valence-electron chi connectivity index (χ1n) is 11.0. The molecule has 1 aromatic heterocycles. The molecule has 1 aliphatic heterocycles. The van der Waals surface area contributed by atoms with Gasteiger partial charge in [0.05, 0.1) is 11.1 Å². The van der Waals surface area contributed by atoms with E-state index in [0.717, 1.165) is 0 Å². The van der Waals surface area contributed by atoms with Crippen molar-refractivity contribution in [3.8, 4) is 0 Å². The number of halogens is 1. The Bertz CT molecular complexity index is 1180. The fraction of sp³-hybridized carbons (Fsp3) is 0.320. The molecule has 2 heterocycles. The van der Waals surface area contributed by atoms with Crippen LogP contribution in [0.5, 0.6) is 0 Å². The zero-order chi connectivity index (χ0) is 23.5. The van der Waals surface area contributed by atoms with E-state index in [9.17, 15) is 18.8 Å². The van der Waals surface area contributed by atoms with Crippen LogP contribution in [0, 0.1) is 5.82 Å². The predicted molar refractivity (Wildman–Crippen MR) is 124 cm³/mol. The van der Waals surface area contributed by atoms with Crippen molar-refractivity contribution in [2.24, 2.45) is 0 Å². The number of hydrogen-bond acceptors (Lipinski definition) is 4. The summed E-state index contributed by atoms with van der Waals surface area (Å²) in [6, 6.07) is 13.6. The molecule has 0 bridgehead atoms. The first-order valence-corrected chi connectivity index (χ1v) is 11.0. The average Bonchev–Trinajstić information content (AvgIpc) is 3.22. The van der Waals surface area contributed by atoms with Crippen molar-refractivity contribution in [3.63, 3.8) is 0 Å². The Balaban J connectivity index is 1.50. The summed E-state index contributed by atoms with van der Waals surface area (Å²) in [6.07, 6.45) is 1.58. The molecule has 8 heteroatoms. The van der Waals surface area contributed by atoms with E-state index in [1.807, 2.05) is 29.6 Å². The Labute approximate surface area is 192 Å². The molecule has 0 atom stereocenters. The van der Waals surface area contributed by atoms with Crippen LogP contribution in [-0.4, -0.2) is 83.7 Å². The van der Waals surface area contributed by atoms with Gasteiger partial charge >= 0.3 is 0 Å². The van der Waals surface area contributed by atoms with Crippen molar-refractivity contribution in [1.29, 1.82) is 0 Å². The minimum Gasteiger partial charge on any atom is -0.345 e. The smallest absolute Gasteiger partial charge is 0.295 e. The second kappa shape index (κ2) is 9.54. The summed E-state index contributed by atoms with van der Waals surface area (Å²) in [5, 5.41) is 0.174. The highest BCUT2D eigenvalue weighted by Gasteiger charge is 2.31. The van der Waals surface area contributed by atoms with Gasteiger partial charge in [0.1, 0.15) is 5.82 Å². The van der Waals surface area contributed by atoms with Crippen LogP contribution in [0.3, 0.4) is 0 Å². The number of aromatic nitrogens is 1. The van der Waals surface area contributed by atoms with E-state index in [1.165, 1.54) is 11.0 Å². The molecule has 172 valence electrons. The van der Waals surface area contributed by atoms with Crippen molar-refractivity contribution in [2.45, 2.75) is 6.54 Å². The zero-order valence-corrected chi connectivity index (χ0v) is 18.8. The first kappa shape index (κ1) is 22.7. The van der Waals surface area contributed by atoms with E-state index in [-0.39, 0.29) is 29.9 Å². The Morgan fingerprint density at radius 2 is 1.58 bits per heavy atom. The standard InChI is InChI=1S/C25H27FN4O3/c1-27(2)11-12-30-17-19(22-20(26)9-6-10-21(22)30)23(31)25(33)29-15-13-28(14-16-29)24(32)18-7-4-3-5-8-18/h3-10,17H,11-16H2,1-2H3. The fourth-order valence-corrected chi connectivity index (χ4v) is 4.11. The lowest BCUT2D eigenvalue weighted by Gasteiger charge is -2.34. The summed E-state index contributed by atoms with van der Waals surface area (Å²) < 4.78 is 16.5. The number of likely N-dealkylation sites (N-methyl/N-ethyl adjacent to an activating group) is 1. The van der Waals surface area contributed by atoms with E-state index < -0.39 is 17.5 Å². The van der Waals surface area contributed by atoms with Crippen molar-refractivity contribution >= 4 is 28.5 Å². The summed E-state index contributed by atoms with van der Waals surface area (Å²) >= 11 is 0. The SMILES string of the molecule is CN(C)CCn1cc(C(=O)C(=O)N2CCN(C(=O)c3ccccc3)CC2)c2c(F)cccc21. The van der Waals surface area contributed by atoms with Crippen LogP contribution < -0.4 is 0 Å². The molecule has 0 spiro atoms. The van der Waals surface area contributed by atoms with Crippen LogP contribution in [-0.2, 0) is 11.3 Å². The number of ketones is 1. The van der Waals surface area contributed by atoms with Crippen molar-refractivity contribution < 1.29 is 18.8 Å². The Morgan fingerprint density at radius 1 is 0.909 bits per heavy atom. The Hall–Kier alpha value is -3.52. The highest BCUT2D eigenvalue weighted by molar-refractivity contribution is 6.45. The highest BCUT2D eigenvalue weighted by Crippen LogP contribution is 2.26. The predicted octanol–water partition coefficient (Wildman–Crippen LogP) is 2.51. The van der Waals surface area contributed by atoms with Crippen LogP contribution in [0.1, 0.15) is 20.7 Å². The molecule has 1 aliphatic rings. The van der Waals surface area contributed by atoms with Crippen LogP contribution in [0.4, 0.5) is 4.39 Å². The van der Waals surface area contributed by atoms with Crippen molar-refractivity contribution in [3.05, 3.63) is 71.7 Å². The molecule has 2 amide bonds. The minimum absolute atomic E-state index is 0.0784. The van der Waals surface area contributed by atoms with Gasteiger partial charge in [-0.1, -0.05) is 24.3 Å². The fourth-order valence-electron chi connectivity index (χ4n) is 4.11. The van der Waals surface area contributed by atoms with Gasteiger partial charge in [-0.2, -0.15) is 0 Å². The molecular formula is C25H27FN4O3. The van der Waals surface area contributed by atoms with Crippen LogP contribution in [0.25, 0.3) is 10.9 Å². The van der Waals surface area contributed by atoms with E-state index in [0.29, 0.717) is 37.3 Å². The van der Waals surface area contributed by atoms with E-state index in [2.05, 4.69) is 0 Å². The van der Waals surface area contributed by atoms with Crippen LogP contribution in [0.2, 0.25) is 0 Å². The molecule has 4 rings (SSSR count). The topological polar surface area (TPSA) is 65.9 Å². The molecular weight excluding hydrogens is 423 g/mol. The number of nitrogens with zero attached hydrogens (tertiary/aromatic N) is 4. The number of piperazine rings is 1. The molecule has 0 unspecified atom stereocenters. The van der Waals surface area contributed by atoms with E-state index in [1.54, 1.807) is 47.5 Å². The van der Waals surface area contributed by atoms with Gasteiger partial charge in [-0.05, 0) is 38.4 Å². The quantitative estimate of drug-likeness (QED) is 0.428. The van der Waals surface area contributed by atoms with Gasteiger partial charge in [0, 0.05) is 56.4 Å². The number of hydrogen-bond donors (Lipinski definition) is 0. The lowest BCUT2D eigenvalue weighted by Crippen LogP contribution is -2.52. The van der Waals surface area contributed by atoms with Gasteiger partial charge in [-0.3, -0.25) is 14.4 Å². The summed E-state index contributed by atoms with van der Waals surface area (Å²) in [5.74, 6) is -2.01. The first-order chi connectivity index (χ1) is 15.9. The number of benzene rings is 2. The van der Waals surface area contributed by atoms with E-state index in [4.69, 9.17) is 0 Å². The van der Waals surface area contributed by atoms with Gasteiger partial charge in [-0.25, -0.2) is 4.39 Å². The monoisotopic (exact) mass is 450 g/mol. The maximum atomic E-state index is 14.7. The summed E-state index contributed by atoms with van der Waals surface area (Å²) in [4.78, 5) is 43.9. The number of carbonyl (C=O) groups excluding carboxylic acids is 3. The third kappa shape index (κ3) is 4.66. The second-order valence-corrected chi connectivity index (χ2v) is 8.45. The maximum Gasteiger partial charge on any atom is 0.295 e. The van der Waals surface area contributed by atoms with Crippen LogP contribution >= 0.6 is 0 Å². The maximum absolute atomic E-state index is 14.7. The largest absolute Gasteiger partial charge is 0.345 e. The van der Waals surface area contributed by atoms with Gasteiger partial charge in [0.15, 0.2) is 0 Å². The lowest BCUT2D eigenvalue weighted by atomic mass is 10.1. The molecule has 0 saturated carbocycles. The third-order valence-electron chi connectivity index (χ3n) is 5.96. The van der Waals surface area contributed by atoms with Crippen molar-refractivity contribution in [2.75, 3.05) is 46.8 Å². The number of rotatable bonds is 6. The Kier molecular flexibility index (Phi) is 6.55. The normalized spacial score (nSPS) is 14.2. The Morgan fingerprint density at radius 3 is 2.24 bits per heavy atom. The summed E-state index contributed by atoms with van der Waals surface area (Å²) in [5.41, 5.74) is 1.26. The molecule has 7 nitrogen and oxygen atoms in total. The highest BCUT2D eigenvalue weighted by atomic mass is 19.1. The van der Waals surface area contributed by atoms with Gasteiger partial charge in [-0.15, -0.1) is 0 Å². The molecule has 2 aromatic carbocycles. The zero-order valence-electron chi connectivity index (χ0n) is 18.8. The molecule has 3 aromatic rings. The summed E-state index contributed by atoms with van der Waals surface area (Å²) in [6.45, 7) is 2.46.